The number of rotatable bonds is 5. The van der Waals surface area contributed by atoms with Crippen LogP contribution in [0.3, 0.4) is 0 Å². The molecule has 0 radical (unpaired) electrons. The van der Waals surface area contributed by atoms with E-state index in [-0.39, 0.29) is 0 Å². The SMILES string of the molecule is C=C/C=C(C=C)/C(C=C)=C(\Br)SC. The zero-order valence-corrected chi connectivity index (χ0v) is 10.1. The number of halogens is 1. The molecule has 0 fully saturated rings. The van der Waals surface area contributed by atoms with Crippen molar-refractivity contribution in [3.63, 3.8) is 0 Å². The standard InChI is InChI=1S/C11H13BrS/c1-5-8-9(6-2)10(7-3)11(12)13-4/h5-8H,1-3H2,4H3/b9-8+,11-10+. The van der Waals surface area contributed by atoms with Crippen LogP contribution in [0, 0.1) is 0 Å². The monoisotopic (exact) mass is 256 g/mol. The van der Waals surface area contributed by atoms with E-state index < -0.39 is 0 Å². The van der Waals surface area contributed by atoms with Crippen molar-refractivity contribution in [1.29, 1.82) is 0 Å². The minimum Gasteiger partial charge on any atom is -0.122 e. The third kappa shape index (κ3) is 3.83. The van der Waals surface area contributed by atoms with Gasteiger partial charge < -0.3 is 0 Å². The molecule has 0 aliphatic heterocycles. The van der Waals surface area contributed by atoms with Gasteiger partial charge in [-0.3, -0.25) is 0 Å². The van der Waals surface area contributed by atoms with Crippen LogP contribution < -0.4 is 0 Å². The summed E-state index contributed by atoms with van der Waals surface area (Å²) >= 11 is 5.09. The van der Waals surface area contributed by atoms with Gasteiger partial charge in [-0.05, 0) is 27.8 Å². The quantitative estimate of drug-likeness (QED) is 0.656. The molecular formula is C11H13BrS. The molecule has 0 bridgehead atoms. The molecule has 0 nitrogen and oxygen atoms in total. The molecule has 0 saturated carbocycles. The molecule has 0 atom stereocenters. The molecule has 0 amide bonds. The fourth-order valence-electron chi connectivity index (χ4n) is 0.816. The second kappa shape index (κ2) is 6.98. The average molecular weight is 257 g/mol. The summed E-state index contributed by atoms with van der Waals surface area (Å²) < 4.78 is 1.05. The summed E-state index contributed by atoms with van der Waals surface area (Å²) in [4.78, 5) is 0. The van der Waals surface area contributed by atoms with Gasteiger partial charge in [0.2, 0.25) is 0 Å². The maximum atomic E-state index is 3.76. The maximum Gasteiger partial charge on any atom is 0.0578 e. The Morgan fingerprint density at radius 3 is 2.15 bits per heavy atom. The first-order chi connectivity index (χ1) is 6.21. The molecule has 2 heteroatoms. The van der Waals surface area contributed by atoms with E-state index >= 15 is 0 Å². The molecule has 0 saturated heterocycles. The highest BCUT2D eigenvalue weighted by molar-refractivity contribution is 9.14. The fourth-order valence-corrected chi connectivity index (χ4v) is 1.63. The van der Waals surface area contributed by atoms with Gasteiger partial charge in [-0.1, -0.05) is 44.0 Å². The van der Waals surface area contributed by atoms with Gasteiger partial charge in [0.25, 0.3) is 0 Å². The highest BCUT2D eigenvalue weighted by Crippen LogP contribution is 2.29. The van der Waals surface area contributed by atoms with E-state index in [4.69, 9.17) is 0 Å². The third-order valence-electron chi connectivity index (χ3n) is 1.42. The molecule has 0 aromatic heterocycles. The highest BCUT2D eigenvalue weighted by Gasteiger charge is 2.01. The number of hydrogen-bond donors (Lipinski definition) is 0. The second-order valence-corrected chi connectivity index (χ2v) is 4.29. The zero-order valence-electron chi connectivity index (χ0n) is 7.72. The van der Waals surface area contributed by atoms with Crippen LogP contribution in [0.5, 0.6) is 0 Å². The normalized spacial score (nSPS) is 13.2. The molecule has 0 N–H and O–H groups in total. The van der Waals surface area contributed by atoms with Gasteiger partial charge in [0.1, 0.15) is 0 Å². The van der Waals surface area contributed by atoms with Crippen LogP contribution in [0.1, 0.15) is 0 Å². The predicted octanol–water partition coefficient (Wildman–Crippen LogP) is 4.44. The summed E-state index contributed by atoms with van der Waals surface area (Å²) in [6.45, 7) is 11.1. The smallest absolute Gasteiger partial charge is 0.0578 e. The lowest BCUT2D eigenvalue weighted by atomic mass is 10.1. The lowest BCUT2D eigenvalue weighted by Crippen LogP contribution is -1.83. The van der Waals surface area contributed by atoms with Crippen LogP contribution in [0.15, 0.2) is 59.0 Å². The van der Waals surface area contributed by atoms with E-state index in [2.05, 4.69) is 35.7 Å². The summed E-state index contributed by atoms with van der Waals surface area (Å²) in [7, 11) is 0. The Hall–Kier alpha value is -0.470. The lowest BCUT2D eigenvalue weighted by Gasteiger charge is -2.04. The van der Waals surface area contributed by atoms with E-state index in [1.165, 1.54) is 0 Å². The molecule has 70 valence electrons. The van der Waals surface area contributed by atoms with Crippen LogP contribution >= 0.6 is 27.7 Å². The first-order valence-corrected chi connectivity index (χ1v) is 5.74. The van der Waals surface area contributed by atoms with Gasteiger partial charge in [-0.25, -0.2) is 0 Å². The molecule has 0 aliphatic carbocycles. The number of hydrogen-bond acceptors (Lipinski definition) is 1. The Kier molecular flexibility index (Phi) is 6.73. The molecule has 0 unspecified atom stereocenters. The Morgan fingerprint density at radius 1 is 1.23 bits per heavy atom. The van der Waals surface area contributed by atoms with Crippen LogP contribution in [0.2, 0.25) is 0 Å². The van der Waals surface area contributed by atoms with E-state index in [0.717, 1.165) is 15.0 Å². The number of thioether (sulfide) groups is 1. The van der Waals surface area contributed by atoms with Crippen molar-refractivity contribution in [3.8, 4) is 0 Å². The highest BCUT2D eigenvalue weighted by atomic mass is 79.9. The molecule has 0 rings (SSSR count). The van der Waals surface area contributed by atoms with Gasteiger partial charge in [-0.15, -0.1) is 11.8 Å². The molecule has 0 spiro atoms. The zero-order chi connectivity index (χ0) is 10.3. The van der Waals surface area contributed by atoms with Gasteiger partial charge in [0, 0.05) is 5.57 Å². The van der Waals surface area contributed by atoms with E-state index in [1.807, 2.05) is 12.3 Å². The van der Waals surface area contributed by atoms with Gasteiger partial charge in [0.15, 0.2) is 0 Å². The largest absolute Gasteiger partial charge is 0.122 e. The Bertz CT molecular complexity index is 272. The second-order valence-electron chi connectivity index (χ2n) is 2.16. The van der Waals surface area contributed by atoms with Crippen molar-refractivity contribution >= 4 is 27.7 Å². The summed E-state index contributed by atoms with van der Waals surface area (Å²) in [6, 6.07) is 0. The van der Waals surface area contributed by atoms with Gasteiger partial charge in [-0.2, -0.15) is 0 Å². The van der Waals surface area contributed by atoms with Crippen LogP contribution in [-0.4, -0.2) is 6.26 Å². The van der Waals surface area contributed by atoms with Crippen LogP contribution in [-0.2, 0) is 0 Å². The Morgan fingerprint density at radius 2 is 1.85 bits per heavy atom. The molecule has 0 aromatic carbocycles. The first kappa shape index (κ1) is 12.5. The van der Waals surface area contributed by atoms with Crippen molar-refractivity contribution in [2.45, 2.75) is 0 Å². The third-order valence-corrected chi connectivity index (χ3v) is 3.40. The average Bonchev–Trinajstić information content (AvgIpc) is 2.17. The van der Waals surface area contributed by atoms with Crippen molar-refractivity contribution in [2.24, 2.45) is 0 Å². The fraction of sp³-hybridized carbons (Fsp3) is 0.0909. The summed E-state index contributed by atoms with van der Waals surface area (Å²) in [5.74, 6) is 0. The summed E-state index contributed by atoms with van der Waals surface area (Å²) in [5.41, 5.74) is 2.06. The minimum absolute atomic E-state index is 1.02. The molecular weight excluding hydrogens is 244 g/mol. The maximum absolute atomic E-state index is 3.76. The molecule has 0 aliphatic rings. The first-order valence-electron chi connectivity index (χ1n) is 3.73. The molecule has 0 aromatic rings. The van der Waals surface area contributed by atoms with E-state index in [9.17, 15) is 0 Å². The predicted molar refractivity (Wildman–Crippen MR) is 68.1 cm³/mol. The number of allylic oxidation sites excluding steroid dienone is 6. The molecule has 13 heavy (non-hydrogen) atoms. The van der Waals surface area contributed by atoms with Crippen molar-refractivity contribution in [3.05, 3.63) is 59.0 Å². The summed E-state index contributed by atoms with van der Waals surface area (Å²) in [6.07, 6.45) is 9.23. The van der Waals surface area contributed by atoms with Gasteiger partial charge >= 0.3 is 0 Å². The minimum atomic E-state index is 1.02. The summed E-state index contributed by atoms with van der Waals surface area (Å²) in [5, 5.41) is 0. The van der Waals surface area contributed by atoms with Gasteiger partial charge in [0.05, 0.1) is 3.81 Å². The topological polar surface area (TPSA) is 0 Å². The van der Waals surface area contributed by atoms with Crippen LogP contribution in [0.25, 0.3) is 0 Å². The van der Waals surface area contributed by atoms with Crippen molar-refractivity contribution < 1.29 is 0 Å². The Labute approximate surface area is 92.9 Å². The van der Waals surface area contributed by atoms with Crippen LogP contribution in [0.4, 0.5) is 0 Å². The van der Waals surface area contributed by atoms with E-state index in [0.29, 0.717) is 0 Å². The Balaban J connectivity index is 5.17. The van der Waals surface area contributed by atoms with Crippen molar-refractivity contribution in [1.82, 2.24) is 0 Å². The van der Waals surface area contributed by atoms with E-state index in [1.54, 1.807) is 30.0 Å². The molecule has 0 heterocycles. The van der Waals surface area contributed by atoms with Crippen molar-refractivity contribution in [2.75, 3.05) is 6.26 Å². The lowest BCUT2D eigenvalue weighted by molar-refractivity contribution is 1.58.